The van der Waals surface area contributed by atoms with E-state index in [1.807, 2.05) is 30.6 Å². The van der Waals surface area contributed by atoms with Crippen LogP contribution in [0.2, 0.25) is 0 Å². The molecule has 2 N–H and O–H groups in total. The number of likely N-dealkylation sites (tertiary alicyclic amines) is 1. The third kappa shape index (κ3) is 4.20. The number of hydrogen-bond acceptors (Lipinski definition) is 6. The summed E-state index contributed by atoms with van der Waals surface area (Å²) in [5, 5.41) is 7.59. The molecule has 0 radical (unpaired) electrons. The molecule has 1 fully saturated rings. The number of halogens is 1. The minimum Gasteiger partial charge on any atom is -0.335 e. The second-order valence-corrected chi connectivity index (χ2v) is 9.73. The minimum atomic E-state index is -0.276. The average molecular weight is 505 g/mol. The zero-order valence-electron chi connectivity index (χ0n) is 20.7. The van der Waals surface area contributed by atoms with E-state index in [2.05, 4.69) is 36.1 Å². The first-order valence-electron chi connectivity index (χ1n) is 12.8. The molecule has 0 atom stereocenters. The molecule has 7 rings (SSSR count). The maximum Gasteiger partial charge on any atom is 0.178 e. The lowest BCUT2D eigenvalue weighted by molar-refractivity contribution is 0.220. The standard InChI is InChI=1S/C29H25FN8/c30-21-6-4-19(5-7-21)22-10-11-32-28-25(22)34-29(35-28)27-26-24(36-37-27)9-8-23(33-26)20-14-18(15-31-16-20)17-38-12-2-1-3-13-38/h4-11,14-16H,1-3,12-13,17H2,(H,36,37)(H,32,34,35). The molecular formula is C29H25FN8. The fourth-order valence-corrected chi connectivity index (χ4v) is 5.21. The molecule has 0 unspecified atom stereocenters. The van der Waals surface area contributed by atoms with Crippen LogP contribution in [0.5, 0.6) is 0 Å². The molecule has 188 valence electrons. The zero-order chi connectivity index (χ0) is 25.5. The van der Waals surface area contributed by atoms with Gasteiger partial charge < -0.3 is 4.98 Å². The summed E-state index contributed by atoms with van der Waals surface area (Å²) in [6, 6.07) is 14.4. The molecule has 6 aromatic rings. The highest BCUT2D eigenvalue weighted by Gasteiger charge is 2.18. The number of aromatic nitrogens is 7. The van der Waals surface area contributed by atoms with Gasteiger partial charge >= 0.3 is 0 Å². The van der Waals surface area contributed by atoms with Crippen LogP contribution in [0.1, 0.15) is 24.8 Å². The number of imidazole rings is 1. The third-order valence-electron chi connectivity index (χ3n) is 7.12. The van der Waals surface area contributed by atoms with Crippen molar-refractivity contribution in [3.63, 3.8) is 0 Å². The summed E-state index contributed by atoms with van der Waals surface area (Å²) in [6.07, 6.45) is 9.34. The Kier molecular flexibility index (Phi) is 5.62. The lowest BCUT2D eigenvalue weighted by Gasteiger charge is -2.26. The van der Waals surface area contributed by atoms with Crippen molar-refractivity contribution >= 4 is 22.2 Å². The van der Waals surface area contributed by atoms with Crippen molar-refractivity contribution < 1.29 is 4.39 Å². The predicted molar refractivity (Wildman–Crippen MR) is 145 cm³/mol. The first-order chi connectivity index (χ1) is 18.7. The lowest BCUT2D eigenvalue weighted by atomic mass is 10.1. The quantitative estimate of drug-likeness (QED) is 0.310. The van der Waals surface area contributed by atoms with Crippen molar-refractivity contribution in [3.8, 4) is 33.9 Å². The van der Waals surface area contributed by atoms with E-state index in [1.54, 1.807) is 18.3 Å². The van der Waals surface area contributed by atoms with Gasteiger partial charge in [0.1, 0.15) is 11.3 Å². The number of pyridine rings is 3. The van der Waals surface area contributed by atoms with Crippen molar-refractivity contribution in [2.75, 3.05) is 13.1 Å². The van der Waals surface area contributed by atoms with E-state index in [-0.39, 0.29) is 5.82 Å². The molecular weight excluding hydrogens is 479 g/mol. The van der Waals surface area contributed by atoms with Crippen LogP contribution in [0.25, 0.3) is 56.1 Å². The lowest BCUT2D eigenvalue weighted by Crippen LogP contribution is -2.29. The topological polar surface area (TPSA) is 99.3 Å². The summed E-state index contributed by atoms with van der Waals surface area (Å²) in [7, 11) is 0. The van der Waals surface area contributed by atoms with Gasteiger partial charge in [0.2, 0.25) is 0 Å². The Morgan fingerprint density at radius 1 is 0.895 bits per heavy atom. The van der Waals surface area contributed by atoms with Gasteiger partial charge in [0.05, 0.1) is 16.7 Å². The van der Waals surface area contributed by atoms with Crippen molar-refractivity contribution in [3.05, 3.63) is 78.5 Å². The number of aromatic amines is 2. The number of H-pyrrole nitrogens is 2. The Morgan fingerprint density at radius 3 is 2.63 bits per heavy atom. The van der Waals surface area contributed by atoms with Crippen molar-refractivity contribution in [1.29, 1.82) is 0 Å². The molecule has 0 bridgehead atoms. The molecule has 1 saturated heterocycles. The molecule has 1 aliphatic heterocycles. The van der Waals surface area contributed by atoms with Gasteiger partial charge in [-0.05, 0) is 73.5 Å². The average Bonchev–Trinajstić information content (AvgIpc) is 3.58. The van der Waals surface area contributed by atoms with Crippen LogP contribution in [0.3, 0.4) is 0 Å². The molecule has 0 spiro atoms. The number of nitrogens with zero attached hydrogens (tertiary/aromatic N) is 6. The molecule has 8 nitrogen and oxygen atoms in total. The Balaban J connectivity index is 1.25. The van der Waals surface area contributed by atoms with E-state index in [0.29, 0.717) is 22.7 Å². The van der Waals surface area contributed by atoms with Crippen LogP contribution in [-0.4, -0.2) is 53.1 Å². The summed E-state index contributed by atoms with van der Waals surface area (Å²) < 4.78 is 13.5. The molecule has 1 aromatic carbocycles. The van der Waals surface area contributed by atoms with Gasteiger partial charge in [0.15, 0.2) is 17.2 Å². The number of rotatable bonds is 5. The number of nitrogens with one attached hydrogen (secondary N) is 2. The highest BCUT2D eigenvalue weighted by atomic mass is 19.1. The Bertz CT molecular complexity index is 1750. The monoisotopic (exact) mass is 504 g/mol. The van der Waals surface area contributed by atoms with E-state index >= 15 is 0 Å². The first kappa shape index (κ1) is 22.7. The van der Waals surface area contributed by atoms with E-state index in [4.69, 9.17) is 9.97 Å². The van der Waals surface area contributed by atoms with Crippen LogP contribution in [-0.2, 0) is 6.54 Å². The smallest absolute Gasteiger partial charge is 0.178 e. The summed E-state index contributed by atoms with van der Waals surface area (Å²) in [5.74, 6) is 0.288. The Morgan fingerprint density at radius 2 is 1.76 bits per heavy atom. The molecule has 38 heavy (non-hydrogen) atoms. The SMILES string of the molecule is Fc1ccc(-c2ccnc3nc(-c4n[nH]c5ccc(-c6cncc(CN7CCCCC7)c6)nc45)[nH]c23)cc1. The first-order valence-corrected chi connectivity index (χ1v) is 12.8. The fourth-order valence-electron chi connectivity index (χ4n) is 5.21. The van der Waals surface area contributed by atoms with Crippen LogP contribution < -0.4 is 0 Å². The Hall–Kier alpha value is -4.50. The van der Waals surface area contributed by atoms with Crippen molar-refractivity contribution in [1.82, 2.24) is 40.0 Å². The van der Waals surface area contributed by atoms with Crippen molar-refractivity contribution in [2.45, 2.75) is 25.8 Å². The largest absolute Gasteiger partial charge is 0.335 e. The van der Waals surface area contributed by atoms with Crippen LogP contribution in [0, 0.1) is 5.82 Å². The van der Waals surface area contributed by atoms with E-state index in [9.17, 15) is 4.39 Å². The fraction of sp³-hybridized carbons (Fsp3) is 0.207. The van der Waals surface area contributed by atoms with Crippen LogP contribution in [0.15, 0.2) is 67.1 Å². The van der Waals surface area contributed by atoms with Gasteiger partial charge in [0.25, 0.3) is 0 Å². The van der Waals surface area contributed by atoms with Gasteiger partial charge in [0, 0.05) is 36.3 Å². The third-order valence-corrected chi connectivity index (χ3v) is 7.12. The molecule has 1 aliphatic rings. The zero-order valence-corrected chi connectivity index (χ0v) is 20.7. The summed E-state index contributed by atoms with van der Waals surface area (Å²) >= 11 is 0. The molecule has 5 aromatic heterocycles. The van der Waals surface area contributed by atoms with Crippen molar-refractivity contribution in [2.24, 2.45) is 0 Å². The van der Waals surface area contributed by atoms with E-state index < -0.39 is 0 Å². The number of hydrogen-bond donors (Lipinski definition) is 2. The van der Waals surface area contributed by atoms with Gasteiger partial charge in [-0.2, -0.15) is 5.10 Å². The minimum absolute atomic E-state index is 0.276. The van der Waals surface area contributed by atoms with Crippen LogP contribution in [0.4, 0.5) is 4.39 Å². The number of piperidine rings is 1. The maximum absolute atomic E-state index is 13.5. The second kappa shape index (κ2) is 9.42. The van der Waals surface area contributed by atoms with Gasteiger partial charge in [-0.15, -0.1) is 0 Å². The molecule has 0 saturated carbocycles. The summed E-state index contributed by atoms with van der Waals surface area (Å²) in [4.78, 5) is 24.5. The van der Waals surface area contributed by atoms with Gasteiger partial charge in [-0.3, -0.25) is 15.0 Å². The summed E-state index contributed by atoms with van der Waals surface area (Å²) in [5.41, 5.74) is 8.21. The summed E-state index contributed by atoms with van der Waals surface area (Å²) in [6.45, 7) is 3.19. The normalized spacial score (nSPS) is 14.4. The molecule has 6 heterocycles. The van der Waals surface area contributed by atoms with Crippen LogP contribution >= 0.6 is 0 Å². The second-order valence-electron chi connectivity index (χ2n) is 9.73. The maximum atomic E-state index is 13.5. The van der Waals surface area contributed by atoms with E-state index in [0.717, 1.165) is 53.1 Å². The number of benzene rings is 1. The van der Waals surface area contributed by atoms with E-state index in [1.165, 1.54) is 37.0 Å². The highest BCUT2D eigenvalue weighted by Crippen LogP contribution is 2.31. The molecule has 0 aliphatic carbocycles. The predicted octanol–water partition coefficient (Wildman–Crippen LogP) is 5.75. The van der Waals surface area contributed by atoms with Gasteiger partial charge in [-0.25, -0.2) is 19.3 Å². The van der Waals surface area contributed by atoms with Gasteiger partial charge in [-0.1, -0.05) is 18.6 Å². The molecule has 0 amide bonds. The Labute approximate surface area is 218 Å². The molecule has 9 heteroatoms. The highest BCUT2D eigenvalue weighted by molar-refractivity contribution is 5.94. The number of fused-ring (bicyclic) bond motifs is 2.